The fourth-order valence-electron chi connectivity index (χ4n) is 4.50. The van der Waals surface area contributed by atoms with Crippen LogP contribution in [-0.4, -0.2) is 43.1 Å². The van der Waals surface area contributed by atoms with Gasteiger partial charge in [-0.1, -0.05) is 18.2 Å². The maximum Gasteiger partial charge on any atom is 0.317 e. The number of urea groups is 1. The normalized spacial score (nSPS) is 19.9. The Morgan fingerprint density at radius 3 is 2.48 bits per heavy atom. The molecule has 2 aromatic carbocycles. The number of likely N-dealkylation sites (tertiary alicyclic amines) is 1. The van der Waals surface area contributed by atoms with Crippen molar-refractivity contribution in [2.75, 3.05) is 31.6 Å². The van der Waals surface area contributed by atoms with Crippen molar-refractivity contribution < 1.29 is 23.1 Å². The van der Waals surface area contributed by atoms with Crippen LogP contribution in [0, 0.1) is 23.0 Å². The third-order valence-electron chi connectivity index (χ3n) is 6.17. The van der Waals surface area contributed by atoms with E-state index in [-0.39, 0.29) is 36.3 Å². The zero-order chi connectivity index (χ0) is 21.8. The minimum absolute atomic E-state index is 0.198. The summed E-state index contributed by atoms with van der Waals surface area (Å²) in [5, 5.41) is 5.61. The van der Waals surface area contributed by atoms with Gasteiger partial charge < -0.3 is 20.3 Å². The summed E-state index contributed by atoms with van der Waals surface area (Å²) < 4.78 is 32.4. The molecule has 2 N–H and O–H groups in total. The molecule has 0 unspecified atom stereocenters. The van der Waals surface area contributed by atoms with Crippen LogP contribution in [0.1, 0.15) is 18.4 Å². The first-order valence-corrected chi connectivity index (χ1v) is 10.4. The Bertz CT molecular complexity index is 963. The van der Waals surface area contributed by atoms with Crippen molar-refractivity contribution in [1.29, 1.82) is 0 Å². The Kier molecular flexibility index (Phi) is 6.18. The first-order chi connectivity index (χ1) is 14.9. The van der Waals surface area contributed by atoms with Gasteiger partial charge >= 0.3 is 6.03 Å². The number of hydrogen-bond donors (Lipinski definition) is 2. The number of amides is 3. The second kappa shape index (κ2) is 9.01. The lowest BCUT2D eigenvalue weighted by molar-refractivity contribution is -0.124. The molecule has 0 radical (unpaired) electrons. The Balaban J connectivity index is 1.45. The van der Waals surface area contributed by atoms with Crippen molar-refractivity contribution in [3.05, 3.63) is 65.7 Å². The molecule has 4 rings (SSSR count). The molecule has 6 nitrogen and oxygen atoms in total. The van der Waals surface area contributed by atoms with Gasteiger partial charge in [0.1, 0.15) is 11.6 Å². The molecular formula is C23H25F2N3O3. The first kappa shape index (κ1) is 21.2. The first-order valence-electron chi connectivity index (χ1n) is 10.4. The molecule has 2 fully saturated rings. The molecule has 0 saturated carbocycles. The molecule has 0 bridgehead atoms. The van der Waals surface area contributed by atoms with E-state index in [0.29, 0.717) is 43.9 Å². The molecular weight excluding hydrogens is 404 g/mol. The van der Waals surface area contributed by atoms with E-state index in [9.17, 15) is 18.4 Å². The number of anilines is 1. The third-order valence-corrected chi connectivity index (χ3v) is 6.17. The number of rotatable bonds is 4. The van der Waals surface area contributed by atoms with Crippen LogP contribution < -0.4 is 10.6 Å². The van der Waals surface area contributed by atoms with E-state index in [0.717, 1.165) is 0 Å². The number of benzene rings is 2. The highest BCUT2D eigenvalue weighted by Crippen LogP contribution is 2.44. The molecule has 0 aliphatic carbocycles. The van der Waals surface area contributed by atoms with Crippen molar-refractivity contribution in [2.24, 2.45) is 11.3 Å². The van der Waals surface area contributed by atoms with Crippen molar-refractivity contribution in [3.8, 4) is 0 Å². The summed E-state index contributed by atoms with van der Waals surface area (Å²) in [5.41, 5.74) is 0.668. The number of nitrogens with one attached hydrogen (secondary N) is 2. The summed E-state index contributed by atoms with van der Waals surface area (Å²) in [6.45, 7) is 1.96. The lowest BCUT2D eigenvalue weighted by Crippen LogP contribution is -2.42. The van der Waals surface area contributed by atoms with Gasteiger partial charge in [0.2, 0.25) is 5.91 Å². The number of carbonyl (C=O) groups is 2. The van der Waals surface area contributed by atoms with Crippen LogP contribution in [0.5, 0.6) is 0 Å². The summed E-state index contributed by atoms with van der Waals surface area (Å²) in [6, 6.07) is 11.5. The van der Waals surface area contributed by atoms with E-state index in [2.05, 4.69) is 10.6 Å². The summed E-state index contributed by atoms with van der Waals surface area (Å²) in [5.74, 6) is -1.45. The zero-order valence-corrected chi connectivity index (χ0v) is 17.1. The van der Waals surface area contributed by atoms with Gasteiger partial charge in [-0.3, -0.25) is 4.79 Å². The van der Waals surface area contributed by atoms with Gasteiger partial charge in [-0.2, -0.15) is 0 Å². The van der Waals surface area contributed by atoms with Crippen molar-refractivity contribution >= 4 is 17.6 Å². The molecule has 1 spiro atoms. The number of carbonyl (C=O) groups excluding carboxylic acids is 2. The molecule has 0 aromatic heterocycles. The van der Waals surface area contributed by atoms with E-state index in [1.807, 2.05) is 0 Å². The van der Waals surface area contributed by atoms with Gasteiger partial charge in [0.05, 0.1) is 5.92 Å². The van der Waals surface area contributed by atoms with E-state index < -0.39 is 11.7 Å². The van der Waals surface area contributed by atoms with E-state index in [1.165, 1.54) is 30.3 Å². The molecule has 2 saturated heterocycles. The second-order valence-corrected chi connectivity index (χ2v) is 8.20. The summed E-state index contributed by atoms with van der Waals surface area (Å²) in [7, 11) is 0. The Morgan fingerprint density at radius 1 is 1.06 bits per heavy atom. The highest BCUT2D eigenvalue weighted by atomic mass is 19.1. The average Bonchev–Trinajstić information content (AvgIpc) is 3.11. The number of nitrogens with zero attached hydrogens (tertiary/aromatic N) is 1. The number of hydrogen-bond acceptors (Lipinski definition) is 3. The van der Waals surface area contributed by atoms with Crippen LogP contribution in [0.25, 0.3) is 0 Å². The third kappa shape index (κ3) is 4.85. The van der Waals surface area contributed by atoms with Crippen LogP contribution in [0.3, 0.4) is 0 Å². The van der Waals surface area contributed by atoms with Crippen molar-refractivity contribution in [3.63, 3.8) is 0 Å². The van der Waals surface area contributed by atoms with Crippen LogP contribution in [0.15, 0.2) is 48.5 Å². The Hall–Kier alpha value is -3.00. The highest BCUT2D eigenvalue weighted by Gasteiger charge is 2.51. The molecule has 31 heavy (non-hydrogen) atoms. The molecule has 2 aliphatic heterocycles. The smallest absolute Gasteiger partial charge is 0.317 e. The van der Waals surface area contributed by atoms with E-state index >= 15 is 0 Å². The van der Waals surface area contributed by atoms with Gasteiger partial charge in [-0.15, -0.1) is 0 Å². The lowest BCUT2D eigenvalue weighted by atomic mass is 9.71. The SMILES string of the molecule is O=C(Nc1cccc(F)c1)[C@@H]1CN(C(=O)NCc2cccc(F)c2)CC12CCOCC2. The fourth-order valence-corrected chi connectivity index (χ4v) is 4.50. The minimum atomic E-state index is -0.431. The Labute approximate surface area is 179 Å². The molecule has 164 valence electrons. The van der Waals surface area contributed by atoms with Crippen molar-refractivity contribution in [2.45, 2.75) is 19.4 Å². The van der Waals surface area contributed by atoms with Crippen LogP contribution >= 0.6 is 0 Å². The molecule has 2 heterocycles. The predicted molar refractivity (Wildman–Crippen MR) is 111 cm³/mol. The van der Waals surface area contributed by atoms with E-state index in [1.54, 1.807) is 23.1 Å². The predicted octanol–water partition coefficient (Wildman–Crippen LogP) is 3.54. The van der Waals surface area contributed by atoms with Gasteiger partial charge in [-0.25, -0.2) is 13.6 Å². The van der Waals surface area contributed by atoms with Gasteiger partial charge in [0, 0.05) is 44.0 Å². The lowest BCUT2D eigenvalue weighted by Gasteiger charge is -2.37. The maximum absolute atomic E-state index is 13.5. The monoisotopic (exact) mass is 429 g/mol. The summed E-state index contributed by atoms with van der Waals surface area (Å²) >= 11 is 0. The fraction of sp³-hybridized carbons (Fsp3) is 0.391. The van der Waals surface area contributed by atoms with Crippen LogP contribution in [-0.2, 0) is 16.1 Å². The molecule has 2 aliphatic rings. The molecule has 3 amide bonds. The number of halogens is 2. The molecule has 1 atom stereocenters. The van der Waals surface area contributed by atoms with Crippen LogP contribution in [0.2, 0.25) is 0 Å². The standard InChI is InChI=1S/C23H25F2N3O3/c24-17-4-1-3-16(11-17)13-26-22(30)28-14-20(23(15-28)7-9-31-10-8-23)21(29)27-19-6-2-5-18(25)12-19/h1-6,11-12,20H,7-10,13-15H2,(H,26,30)(H,27,29)/t20-/m0/s1. The minimum Gasteiger partial charge on any atom is -0.381 e. The van der Waals surface area contributed by atoms with Gasteiger partial charge in [0.25, 0.3) is 0 Å². The van der Waals surface area contributed by atoms with Crippen LogP contribution in [0.4, 0.5) is 19.3 Å². The van der Waals surface area contributed by atoms with Gasteiger partial charge in [0.15, 0.2) is 0 Å². The Morgan fingerprint density at radius 2 is 1.77 bits per heavy atom. The van der Waals surface area contributed by atoms with Gasteiger partial charge in [-0.05, 0) is 48.7 Å². The summed E-state index contributed by atoms with van der Waals surface area (Å²) in [6.07, 6.45) is 1.34. The quantitative estimate of drug-likeness (QED) is 0.781. The summed E-state index contributed by atoms with van der Waals surface area (Å²) in [4.78, 5) is 27.6. The van der Waals surface area contributed by atoms with Crippen molar-refractivity contribution in [1.82, 2.24) is 10.2 Å². The maximum atomic E-state index is 13.5. The highest BCUT2D eigenvalue weighted by molar-refractivity contribution is 5.94. The van der Waals surface area contributed by atoms with E-state index in [4.69, 9.17) is 4.74 Å². The number of ether oxygens (including phenoxy) is 1. The molecule has 2 aromatic rings. The molecule has 8 heteroatoms. The topological polar surface area (TPSA) is 70.7 Å². The second-order valence-electron chi connectivity index (χ2n) is 8.20. The zero-order valence-electron chi connectivity index (χ0n) is 17.1. The average molecular weight is 429 g/mol. The largest absolute Gasteiger partial charge is 0.381 e.